The third kappa shape index (κ3) is 4.52. The van der Waals surface area contributed by atoms with E-state index in [1.165, 1.54) is 0 Å². The predicted octanol–water partition coefficient (Wildman–Crippen LogP) is 3.60. The van der Waals surface area contributed by atoms with Crippen LogP contribution < -0.4 is 14.9 Å². The first-order valence-electron chi connectivity index (χ1n) is 12.5. The summed E-state index contributed by atoms with van der Waals surface area (Å²) >= 11 is 0.746. The van der Waals surface area contributed by atoms with Crippen LogP contribution in [0, 0.1) is 5.92 Å². The molecular formula is C24H28F2N8O2S2. The minimum absolute atomic E-state index is 0.0842. The Kier molecular flexibility index (Phi) is 6.13. The molecule has 1 aromatic carbocycles. The van der Waals surface area contributed by atoms with Crippen molar-refractivity contribution in [1.82, 2.24) is 34.8 Å². The van der Waals surface area contributed by atoms with E-state index in [2.05, 4.69) is 49.1 Å². The van der Waals surface area contributed by atoms with Gasteiger partial charge in [0.2, 0.25) is 10.0 Å². The van der Waals surface area contributed by atoms with Crippen LogP contribution in [0.5, 0.6) is 0 Å². The number of benzene rings is 1. The van der Waals surface area contributed by atoms with E-state index in [1.54, 1.807) is 28.9 Å². The van der Waals surface area contributed by atoms with Gasteiger partial charge < -0.3 is 10.2 Å². The predicted molar refractivity (Wildman–Crippen MR) is 141 cm³/mol. The highest BCUT2D eigenvalue weighted by Gasteiger charge is 2.41. The molecule has 202 valence electrons. The molecule has 4 aromatic rings. The zero-order valence-corrected chi connectivity index (χ0v) is 22.8. The highest BCUT2D eigenvalue weighted by molar-refractivity contribution is 7.89. The molecule has 1 aliphatic heterocycles. The number of sulfonamides is 1. The second-order valence-electron chi connectivity index (χ2n) is 10.6. The van der Waals surface area contributed by atoms with Crippen LogP contribution in [0.4, 0.5) is 14.5 Å². The largest absolute Gasteiger partial charge is 0.367 e. The standard InChI is InChI=1S/C24H28F2N8O2S2/c1-13(2)16-12-33(9-8-27-16)17-11-14(38(35,36)32-24(3)5-6-24)10-15-19(22-30-31-23(37-22)21(25)26)29-18-4-7-28-34(18)20(15)17/h4,7,10-11,13,16,21,27,32H,5-6,8-9,12H2,1-3H3/t16-/m0/s1. The molecule has 1 atom stereocenters. The van der Waals surface area contributed by atoms with Crippen LogP contribution in [0.25, 0.3) is 27.3 Å². The Balaban J connectivity index is 1.63. The number of hydrogen-bond acceptors (Lipinski definition) is 9. The monoisotopic (exact) mass is 562 g/mol. The number of nitrogens with zero attached hydrogens (tertiary/aromatic N) is 6. The summed E-state index contributed by atoms with van der Waals surface area (Å²) in [6.07, 6.45) is 0.370. The van der Waals surface area contributed by atoms with Gasteiger partial charge >= 0.3 is 0 Å². The van der Waals surface area contributed by atoms with E-state index in [-0.39, 0.29) is 15.9 Å². The Labute approximate surface area is 222 Å². The first-order valence-corrected chi connectivity index (χ1v) is 14.8. The highest BCUT2D eigenvalue weighted by atomic mass is 32.2. The van der Waals surface area contributed by atoms with E-state index in [0.29, 0.717) is 46.9 Å². The Morgan fingerprint density at radius 3 is 2.71 bits per heavy atom. The number of halogens is 2. The van der Waals surface area contributed by atoms with Crippen LogP contribution in [-0.2, 0) is 10.0 Å². The molecule has 0 bridgehead atoms. The second-order valence-corrected chi connectivity index (χ2v) is 13.3. The van der Waals surface area contributed by atoms with E-state index < -0.39 is 27.0 Å². The number of nitrogens with one attached hydrogen (secondary N) is 2. The summed E-state index contributed by atoms with van der Waals surface area (Å²) in [5.74, 6) is 0.364. The molecule has 3 aromatic heterocycles. The molecule has 1 saturated heterocycles. The number of piperazine rings is 1. The second kappa shape index (κ2) is 9.14. The van der Waals surface area contributed by atoms with Crippen molar-refractivity contribution in [3.8, 4) is 10.7 Å². The SMILES string of the molecule is CC(C)[C@@H]1CN(c2cc(S(=O)(=O)NC3(C)CC3)cc3c(-c4nnc(C(F)F)s4)nc4ccnn4c23)CCN1. The summed E-state index contributed by atoms with van der Waals surface area (Å²) in [5.41, 5.74) is 1.65. The van der Waals surface area contributed by atoms with Crippen LogP contribution in [0.15, 0.2) is 29.3 Å². The average Bonchev–Trinajstić information content (AvgIpc) is 3.27. The number of fused-ring (bicyclic) bond motifs is 3. The smallest absolute Gasteiger partial charge is 0.291 e. The van der Waals surface area contributed by atoms with Gasteiger partial charge in [0, 0.05) is 42.7 Å². The minimum Gasteiger partial charge on any atom is -0.367 e. The van der Waals surface area contributed by atoms with E-state index in [4.69, 9.17) is 0 Å². The lowest BCUT2D eigenvalue weighted by Crippen LogP contribution is -2.53. The Hall–Kier alpha value is -2.81. The van der Waals surface area contributed by atoms with E-state index in [9.17, 15) is 17.2 Å². The van der Waals surface area contributed by atoms with Crippen LogP contribution in [0.1, 0.15) is 45.0 Å². The highest BCUT2D eigenvalue weighted by Crippen LogP contribution is 2.40. The van der Waals surface area contributed by atoms with E-state index in [1.807, 2.05) is 6.92 Å². The van der Waals surface area contributed by atoms with Crippen molar-refractivity contribution in [2.45, 2.75) is 56.5 Å². The lowest BCUT2D eigenvalue weighted by atomic mass is 10.0. The van der Waals surface area contributed by atoms with Gasteiger partial charge in [-0.15, -0.1) is 10.2 Å². The topological polar surface area (TPSA) is 117 Å². The summed E-state index contributed by atoms with van der Waals surface area (Å²) in [4.78, 5) is 6.91. The fraction of sp³-hybridized carbons (Fsp3) is 0.500. The van der Waals surface area contributed by atoms with Crippen molar-refractivity contribution in [2.75, 3.05) is 24.5 Å². The van der Waals surface area contributed by atoms with Gasteiger partial charge in [-0.2, -0.15) is 5.10 Å². The third-order valence-electron chi connectivity index (χ3n) is 7.25. The molecule has 2 aliphatic rings. The molecule has 6 rings (SSSR count). The third-order valence-corrected chi connectivity index (χ3v) is 9.81. The van der Waals surface area contributed by atoms with Gasteiger partial charge in [0.1, 0.15) is 5.69 Å². The van der Waals surface area contributed by atoms with Gasteiger partial charge in [0.25, 0.3) is 6.43 Å². The van der Waals surface area contributed by atoms with Crippen molar-refractivity contribution >= 4 is 43.6 Å². The summed E-state index contributed by atoms with van der Waals surface area (Å²) in [7, 11) is -3.89. The Morgan fingerprint density at radius 1 is 1.24 bits per heavy atom. The molecule has 1 aliphatic carbocycles. The fourth-order valence-corrected chi connectivity index (χ4v) is 7.03. The van der Waals surface area contributed by atoms with Crippen molar-refractivity contribution in [3.05, 3.63) is 29.4 Å². The molecule has 2 N–H and O–H groups in total. The number of hydrogen-bond donors (Lipinski definition) is 2. The molecule has 2 fully saturated rings. The molecule has 0 radical (unpaired) electrons. The van der Waals surface area contributed by atoms with Gasteiger partial charge in [-0.05, 0) is 37.8 Å². The van der Waals surface area contributed by atoms with Gasteiger partial charge in [0.15, 0.2) is 15.7 Å². The molecular weight excluding hydrogens is 534 g/mol. The van der Waals surface area contributed by atoms with Gasteiger partial charge in [-0.25, -0.2) is 31.4 Å². The lowest BCUT2D eigenvalue weighted by Gasteiger charge is -2.37. The zero-order chi connectivity index (χ0) is 26.8. The van der Waals surface area contributed by atoms with Crippen LogP contribution >= 0.6 is 11.3 Å². The molecule has 1 saturated carbocycles. The molecule has 38 heavy (non-hydrogen) atoms. The molecule has 10 nitrogen and oxygen atoms in total. The van der Waals surface area contributed by atoms with Crippen LogP contribution in [0.3, 0.4) is 0 Å². The van der Waals surface area contributed by atoms with Gasteiger partial charge in [-0.3, -0.25) is 0 Å². The molecule has 4 heterocycles. The normalized spacial score (nSPS) is 19.8. The fourth-order valence-electron chi connectivity index (χ4n) is 4.82. The lowest BCUT2D eigenvalue weighted by molar-refractivity contribution is 0.150. The van der Waals surface area contributed by atoms with Crippen LogP contribution in [-0.4, -0.2) is 64.4 Å². The molecule has 0 spiro atoms. The Bertz CT molecular complexity index is 1630. The molecule has 0 amide bonds. The number of rotatable bonds is 7. The zero-order valence-electron chi connectivity index (χ0n) is 21.1. The number of anilines is 1. The average molecular weight is 563 g/mol. The van der Waals surface area contributed by atoms with E-state index >= 15 is 0 Å². The first-order chi connectivity index (χ1) is 18.0. The quantitative estimate of drug-likeness (QED) is 0.351. The van der Waals surface area contributed by atoms with Crippen molar-refractivity contribution in [1.29, 1.82) is 0 Å². The summed E-state index contributed by atoms with van der Waals surface area (Å²) in [6.45, 7) is 8.21. The van der Waals surface area contributed by atoms with E-state index in [0.717, 1.165) is 30.7 Å². The Morgan fingerprint density at radius 2 is 2.03 bits per heavy atom. The van der Waals surface area contributed by atoms with Crippen molar-refractivity contribution in [2.24, 2.45) is 5.92 Å². The summed E-state index contributed by atoms with van der Waals surface area (Å²) < 4.78 is 58.4. The molecule has 14 heteroatoms. The maximum Gasteiger partial charge on any atom is 0.291 e. The molecule has 0 unspecified atom stereocenters. The number of alkyl halides is 2. The van der Waals surface area contributed by atoms with Crippen LogP contribution in [0.2, 0.25) is 0 Å². The van der Waals surface area contributed by atoms with Crippen molar-refractivity contribution < 1.29 is 17.2 Å². The minimum atomic E-state index is -3.89. The summed E-state index contributed by atoms with van der Waals surface area (Å²) in [6, 6.07) is 5.15. The maximum absolute atomic E-state index is 13.6. The number of aromatic nitrogens is 5. The van der Waals surface area contributed by atoms with Gasteiger partial charge in [-0.1, -0.05) is 25.2 Å². The van der Waals surface area contributed by atoms with Crippen molar-refractivity contribution in [3.63, 3.8) is 0 Å². The van der Waals surface area contributed by atoms with Gasteiger partial charge in [0.05, 0.1) is 22.3 Å². The maximum atomic E-state index is 13.6. The first kappa shape index (κ1) is 25.5. The summed E-state index contributed by atoms with van der Waals surface area (Å²) in [5, 5.41) is 15.9.